The van der Waals surface area contributed by atoms with Crippen LogP contribution in [0.2, 0.25) is 0 Å². The average Bonchev–Trinajstić information content (AvgIpc) is 2.04. The van der Waals surface area contributed by atoms with Crippen molar-refractivity contribution in [2.45, 2.75) is 19.8 Å². The molecular formula is C8H21N3W-2. The van der Waals surface area contributed by atoms with Crippen LogP contribution < -0.4 is 0 Å². The van der Waals surface area contributed by atoms with E-state index in [1.54, 1.807) is 28.2 Å². The van der Waals surface area contributed by atoms with Crippen molar-refractivity contribution in [1.82, 2.24) is 0 Å². The summed E-state index contributed by atoms with van der Waals surface area (Å²) in [6.07, 6.45) is 2.54. The van der Waals surface area contributed by atoms with Gasteiger partial charge in [-0.15, -0.1) is 0 Å². The molecule has 0 saturated heterocycles. The van der Waals surface area contributed by atoms with Gasteiger partial charge in [-0.25, -0.2) is 0 Å². The monoisotopic (exact) mass is 343 g/mol. The molecule has 0 aliphatic carbocycles. The Bertz CT molecular complexity index is 58.3. The molecule has 0 radical (unpaired) electrons. The second-order valence-corrected chi connectivity index (χ2v) is 3.03. The predicted molar refractivity (Wildman–Crippen MR) is 52.6 cm³/mol. The summed E-state index contributed by atoms with van der Waals surface area (Å²) in [6.45, 7) is 3.26. The van der Waals surface area contributed by atoms with Crippen LogP contribution >= 0.6 is 0 Å². The summed E-state index contributed by atoms with van der Waals surface area (Å²) >= 11 is 1.36. The molecule has 0 aromatic carbocycles. The van der Waals surface area contributed by atoms with Gasteiger partial charge in [0.25, 0.3) is 0 Å². The van der Waals surface area contributed by atoms with Gasteiger partial charge >= 0.3 is 49.4 Å². The van der Waals surface area contributed by atoms with Crippen LogP contribution in [0.25, 0.3) is 10.6 Å². The average molecular weight is 343 g/mol. The molecule has 0 rings (SSSR count). The van der Waals surface area contributed by atoms with Crippen LogP contribution in [0.3, 0.4) is 0 Å². The van der Waals surface area contributed by atoms with Crippen molar-refractivity contribution in [2.24, 2.45) is 3.50 Å². The third-order valence-electron chi connectivity index (χ3n) is 0.603. The molecule has 0 aliphatic rings. The van der Waals surface area contributed by atoms with Crippen LogP contribution in [0.1, 0.15) is 19.8 Å². The van der Waals surface area contributed by atoms with Crippen LogP contribution in [-0.2, 0) is 19.6 Å². The number of hydrogen-bond acceptors (Lipinski definition) is 1. The molecule has 0 aromatic rings. The minimum atomic E-state index is 1.08. The third-order valence-corrected chi connectivity index (χ3v) is 1.26. The summed E-state index contributed by atoms with van der Waals surface area (Å²) in [5, 5.41) is 7.00. The second kappa shape index (κ2) is 30.1. The van der Waals surface area contributed by atoms with Gasteiger partial charge in [-0.2, -0.15) is 28.2 Å². The smallest absolute Gasteiger partial charge is 0.162 e. The van der Waals surface area contributed by atoms with Gasteiger partial charge in [0.2, 0.25) is 0 Å². The van der Waals surface area contributed by atoms with Gasteiger partial charge < -0.3 is 10.6 Å². The molecule has 0 atom stereocenters. The normalized spacial score (nSPS) is 7.08. The maximum atomic E-state index is 4.01. The van der Waals surface area contributed by atoms with E-state index in [0.29, 0.717) is 0 Å². The second-order valence-electron chi connectivity index (χ2n) is 2.10. The van der Waals surface area contributed by atoms with Crippen LogP contribution in [0.5, 0.6) is 0 Å². The molecule has 0 aliphatic heterocycles. The Kier molecular flexibility index (Phi) is 45.8. The van der Waals surface area contributed by atoms with Crippen LogP contribution in [0, 0.1) is 0 Å². The van der Waals surface area contributed by atoms with Gasteiger partial charge in [0.1, 0.15) is 0 Å². The Balaban J connectivity index is -0.000000115. The Morgan fingerprint density at radius 1 is 1.08 bits per heavy atom. The maximum Gasteiger partial charge on any atom is -0.162 e. The fourth-order valence-electron chi connectivity index (χ4n) is 0.223. The Morgan fingerprint density at radius 3 is 1.50 bits per heavy atom. The number of nitrogens with zero attached hydrogens (tertiary/aromatic N) is 3. The first kappa shape index (κ1) is 18.2. The third kappa shape index (κ3) is 79.3. The summed E-state index contributed by atoms with van der Waals surface area (Å²) in [6, 6.07) is 0. The topological polar surface area (TPSA) is 40.6 Å². The molecule has 0 spiro atoms. The first-order valence-corrected chi connectivity index (χ1v) is 5.31. The molecular weight excluding hydrogens is 322 g/mol. The van der Waals surface area contributed by atoms with Crippen molar-refractivity contribution < 1.29 is 19.6 Å². The van der Waals surface area contributed by atoms with Crippen LogP contribution in [0.4, 0.5) is 0 Å². The molecule has 4 heteroatoms. The van der Waals surface area contributed by atoms with E-state index in [9.17, 15) is 0 Å². The zero-order chi connectivity index (χ0) is 10.2. The van der Waals surface area contributed by atoms with E-state index < -0.39 is 0 Å². The van der Waals surface area contributed by atoms with Gasteiger partial charge in [0, 0.05) is 0 Å². The first-order chi connectivity index (χ1) is 5.74. The summed E-state index contributed by atoms with van der Waals surface area (Å²) in [7, 11) is 7.00. The fraction of sp³-hybridized carbons (Fsp3) is 1.00. The standard InChI is InChI=1S/C4H9N.2C2H6N.W/c1-2-3-4-5;2*1-3-2;/h2-4H2,1H3;2*1-2H3;/q;2*-1;. The summed E-state index contributed by atoms with van der Waals surface area (Å²) < 4.78 is 4.01. The molecule has 0 unspecified atom stereocenters. The van der Waals surface area contributed by atoms with Crippen molar-refractivity contribution >= 4 is 0 Å². The van der Waals surface area contributed by atoms with Gasteiger partial charge in [-0.1, -0.05) is 0 Å². The van der Waals surface area contributed by atoms with Crippen molar-refractivity contribution in [3.05, 3.63) is 10.6 Å². The SMILES string of the molecule is CCCC[N]=[W].C[N-]C.C[N-]C. The van der Waals surface area contributed by atoms with E-state index in [4.69, 9.17) is 0 Å². The number of rotatable bonds is 3. The van der Waals surface area contributed by atoms with Crippen molar-refractivity contribution in [2.75, 3.05) is 34.7 Å². The first-order valence-electron chi connectivity index (χ1n) is 3.99. The Hall–Kier alpha value is 0.408. The largest absolute Gasteiger partial charge is 0.668 e. The van der Waals surface area contributed by atoms with E-state index in [0.717, 1.165) is 6.54 Å². The van der Waals surface area contributed by atoms with Crippen LogP contribution in [-0.4, -0.2) is 34.7 Å². The van der Waals surface area contributed by atoms with E-state index >= 15 is 0 Å². The summed E-state index contributed by atoms with van der Waals surface area (Å²) in [5.41, 5.74) is 0. The molecule has 3 nitrogen and oxygen atoms in total. The molecule has 0 aromatic heterocycles. The van der Waals surface area contributed by atoms with Gasteiger partial charge in [0.15, 0.2) is 0 Å². The molecule has 0 bridgehead atoms. The molecule has 0 fully saturated rings. The predicted octanol–water partition coefficient (Wildman–Crippen LogP) is 2.76. The fourth-order valence-corrected chi connectivity index (χ4v) is 0.686. The maximum absolute atomic E-state index is 4.01. The van der Waals surface area contributed by atoms with Crippen LogP contribution in [0.15, 0.2) is 3.50 Å². The zero-order valence-electron chi connectivity index (χ0n) is 8.87. The quantitative estimate of drug-likeness (QED) is 0.708. The van der Waals surface area contributed by atoms with E-state index in [2.05, 4.69) is 21.1 Å². The zero-order valence-corrected chi connectivity index (χ0v) is 11.8. The molecule has 0 saturated carbocycles. The van der Waals surface area contributed by atoms with E-state index in [1.165, 1.54) is 32.5 Å². The van der Waals surface area contributed by atoms with E-state index in [-0.39, 0.29) is 0 Å². The molecule has 0 N–H and O–H groups in total. The molecule has 0 heterocycles. The number of hydrogen-bond donors (Lipinski definition) is 0. The van der Waals surface area contributed by atoms with Gasteiger partial charge in [-0.05, 0) is 0 Å². The van der Waals surface area contributed by atoms with Crippen molar-refractivity contribution in [3.63, 3.8) is 0 Å². The Morgan fingerprint density at radius 2 is 1.42 bits per heavy atom. The molecule has 0 amide bonds. The Labute approximate surface area is 88.5 Å². The van der Waals surface area contributed by atoms with Gasteiger partial charge in [0.05, 0.1) is 0 Å². The van der Waals surface area contributed by atoms with E-state index in [1.807, 2.05) is 0 Å². The van der Waals surface area contributed by atoms with Crippen molar-refractivity contribution in [1.29, 1.82) is 0 Å². The minimum Gasteiger partial charge on any atom is -0.668 e. The number of unbranched alkanes of at least 4 members (excludes halogenated alkanes) is 1. The van der Waals surface area contributed by atoms with Crippen molar-refractivity contribution in [3.8, 4) is 0 Å². The summed E-state index contributed by atoms with van der Waals surface area (Å²) in [4.78, 5) is 0. The summed E-state index contributed by atoms with van der Waals surface area (Å²) in [5.74, 6) is 0. The molecule has 12 heavy (non-hydrogen) atoms. The minimum absolute atomic E-state index is 1.08. The van der Waals surface area contributed by atoms with Gasteiger partial charge in [-0.3, -0.25) is 0 Å². The molecule has 76 valence electrons.